The number of benzene rings is 1. The third-order valence-electron chi connectivity index (χ3n) is 4.63. The first kappa shape index (κ1) is 17.8. The fraction of sp³-hybridized carbons (Fsp3) is 0.474. The van der Waals surface area contributed by atoms with E-state index >= 15 is 0 Å². The van der Waals surface area contributed by atoms with Crippen molar-refractivity contribution >= 4 is 0 Å². The van der Waals surface area contributed by atoms with Crippen LogP contribution in [0.3, 0.4) is 0 Å². The van der Waals surface area contributed by atoms with Crippen LogP contribution >= 0.6 is 0 Å². The number of halogens is 4. The van der Waals surface area contributed by atoms with E-state index in [-0.39, 0.29) is 5.92 Å². The van der Waals surface area contributed by atoms with Gasteiger partial charge < -0.3 is 0 Å². The fourth-order valence-corrected chi connectivity index (χ4v) is 3.32. The van der Waals surface area contributed by atoms with Gasteiger partial charge in [0.05, 0.1) is 5.56 Å². The summed E-state index contributed by atoms with van der Waals surface area (Å²) in [5, 5.41) is 0. The molecule has 0 aliphatic heterocycles. The Morgan fingerprint density at radius 3 is 2.39 bits per heavy atom. The monoisotopic (exact) mass is 326 g/mol. The Labute approximate surface area is 134 Å². The highest BCUT2D eigenvalue weighted by Crippen LogP contribution is 2.39. The molecule has 1 saturated carbocycles. The van der Waals surface area contributed by atoms with Gasteiger partial charge in [-0.25, -0.2) is 4.39 Å². The number of rotatable bonds is 5. The zero-order valence-corrected chi connectivity index (χ0v) is 13.1. The Morgan fingerprint density at radius 1 is 1.13 bits per heavy atom. The predicted molar refractivity (Wildman–Crippen MR) is 84.7 cm³/mol. The normalized spacial score (nSPS) is 22.4. The van der Waals surface area contributed by atoms with Crippen molar-refractivity contribution in [3.63, 3.8) is 0 Å². The van der Waals surface area contributed by atoms with Crippen LogP contribution < -0.4 is 0 Å². The third-order valence-corrected chi connectivity index (χ3v) is 4.63. The first-order valence-corrected chi connectivity index (χ1v) is 8.06. The summed E-state index contributed by atoms with van der Waals surface area (Å²) < 4.78 is 51.5. The van der Waals surface area contributed by atoms with E-state index in [0.29, 0.717) is 11.5 Å². The summed E-state index contributed by atoms with van der Waals surface area (Å²) in [5.41, 5.74) is -0.482. The molecule has 0 heterocycles. The summed E-state index contributed by atoms with van der Waals surface area (Å²) in [5.74, 6) is -0.335. The van der Waals surface area contributed by atoms with Crippen molar-refractivity contribution in [2.24, 2.45) is 5.92 Å². The SMILES string of the molecule is C=C/C=C/CCC1CCC(c2ccc(C(F)(F)F)c(F)c2)CC1. The lowest BCUT2D eigenvalue weighted by Crippen LogP contribution is -2.14. The van der Waals surface area contributed by atoms with E-state index in [2.05, 4.69) is 12.7 Å². The van der Waals surface area contributed by atoms with E-state index in [4.69, 9.17) is 0 Å². The standard InChI is InChI=1S/C19H22F4/c1-2-3-4-5-6-14-7-9-15(10-8-14)16-11-12-17(18(20)13-16)19(21,22)23/h2-4,11-15H,1,5-10H2/b4-3+. The van der Waals surface area contributed by atoms with Gasteiger partial charge in [-0.3, -0.25) is 0 Å². The van der Waals surface area contributed by atoms with Crippen molar-refractivity contribution in [1.29, 1.82) is 0 Å². The van der Waals surface area contributed by atoms with Crippen molar-refractivity contribution in [3.8, 4) is 0 Å². The quantitative estimate of drug-likeness (QED) is 0.420. The minimum atomic E-state index is -4.63. The molecule has 0 saturated heterocycles. The molecule has 0 nitrogen and oxygen atoms in total. The maximum Gasteiger partial charge on any atom is 0.419 e. The molecular formula is C19H22F4. The van der Waals surface area contributed by atoms with Gasteiger partial charge in [-0.15, -0.1) is 0 Å². The van der Waals surface area contributed by atoms with Crippen LogP contribution in [0.25, 0.3) is 0 Å². The molecule has 0 atom stereocenters. The van der Waals surface area contributed by atoms with E-state index in [1.165, 1.54) is 6.07 Å². The maximum absolute atomic E-state index is 13.7. The zero-order chi connectivity index (χ0) is 16.9. The molecule has 0 amide bonds. The molecule has 0 spiro atoms. The molecule has 1 aromatic rings. The molecule has 126 valence electrons. The highest BCUT2D eigenvalue weighted by molar-refractivity contribution is 5.29. The van der Waals surface area contributed by atoms with Crippen LogP contribution in [-0.2, 0) is 6.18 Å². The lowest BCUT2D eigenvalue weighted by Gasteiger charge is -2.29. The first-order valence-electron chi connectivity index (χ1n) is 8.06. The molecule has 2 rings (SSSR count). The van der Waals surface area contributed by atoms with Crippen LogP contribution in [0.4, 0.5) is 17.6 Å². The van der Waals surface area contributed by atoms with Crippen LogP contribution in [0.2, 0.25) is 0 Å². The van der Waals surface area contributed by atoms with E-state index in [0.717, 1.165) is 50.7 Å². The Morgan fingerprint density at radius 2 is 1.83 bits per heavy atom. The minimum Gasteiger partial charge on any atom is -0.206 e. The van der Waals surface area contributed by atoms with Crippen LogP contribution in [0.1, 0.15) is 55.6 Å². The van der Waals surface area contributed by atoms with Gasteiger partial charge in [0.2, 0.25) is 0 Å². The molecule has 4 heteroatoms. The smallest absolute Gasteiger partial charge is 0.206 e. The molecule has 0 N–H and O–H groups in total. The maximum atomic E-state index is 13.7. The average Bonchev–Trinajstić information content (AvgIpc) is 2.51. The summed E-state index contributed by atoms with van der Waals surface area (Å²) in [6, 6.07) is 3.38. The molecule has 1 aliphatic carbocycles. The van der Waals surface area contributed by atoms with Crippen LogP contribution in [0, 0.1) is 11.7 Å². The second kappa shape index (κ2) is 7.80. The predicted octanol–water partition coefficient (Wildman–Crippen LogP) is 6.64. The van der Waals surface area contributed by atoms with Crippen LogP contribution in [0.15, 0.2) is 43.0 Å². The lowest BCUT2D eigenvalue weighted by molar-refractivity contribution is -0.140. The highest BCUT2D eigenvalue weighted by atomic mass is 19.4. The van der Waals surface area contributed by atoms with Crippen LogP contribution in [0.5, 0.6) is 0 Å². The Hall–Kier alpha value is -1.58. The summed E-state index contributed by atoms with van der Waals surface area (Å²) >= 11 is 0. The largest absolute Gasteiger partial charge is 0.419 e. The van der Waals surface area contributed by atoms with E-state index in [9.17, 15) is 17.6 Å². The first-order chi connectivity index (χ1) is 10.9. The molecule has 0 aromatic heterocycles. The molecule has 23 heavy (non-hydrogen) atoms. The van der Waals surface area contributed by atoms with E-state index in [1.807, 2.05) is 6.08 Å². The fourth-order valence-electron chi connectivity index (χ4n) is 3.32. The van der Waals surface area contributed by atoms with Gasteiger partial charge in [-0.2, -0.15) is 13.2 Å². The summed E-state index contributed by atoms with van der Waals surface area (Å²) in [6.07, 6.45) is 7.26. The molecule has 1 aliphatic rings. The van der Waals surface area contributed by atoms with Gasteiger partial charge in [-0.1, -0.05) is 30.9 Å². The number of hydrogen-bond donors (Lipinski definition) is 0. The second-order valence-corrected chi connectivity index (χ2v) is 6.20. The van der Waals surface area contributed by atoms with Gasteiger partial charge in [0.1, 0.15) is 5.82 Å². The molecule has 1 fully saturated rings. The van der Waals surface area contributed by atoms with E-state index < -0.39 is 17.6 Å². The van der Waals surface area contributed by atoms with Crippen molar-refractivity contribution in [2.75, 3.05) is 0 Å². The summed E-state index contributed by atoms with van der Waals surface area (Å²) in [4.78, 5) is 0. The number of allylic oxidation sites excluding steroid dienone is 3. The highest BCUT2D eigenvalue weighted by Gasteiger charge is 2.34. The Bertz CT molecular complexity index is 549. The van der Waals surface area contributed by atoms with Crippen molar-refractivity contribution < 1.29 is 17.6 Å². The third kappa shape index (κ3) is 4.95. The topological polar surface area (TPSA) is 0 Å². The molecular weight excluding hydrogens is 304 g/mol. The number of hydrogen-bond acceptors (Lipinski definition) is 0. The van der Waals surface area contributed by atoms with Crippen molar-refractivity contribution in [2.45, 2.75) is 50.6 Å². The van der Waals surface area contributed by atoms with Gasteiger partial charge in [0, 0.05) is 0 Å². The Kier molecular flexibility index (Phi) is 6.03. The molecule has 0 bridgehead atoms. The van der Waals surface area contributed by atoms with Gasteiger partial charge >= 0.3 is 6.18 Å². The number of alkyl halides is 3. The van der Waals surface area contributed by atoms with Gasteiger partial charge in [0.15, 0.2) is 0 Å². The minimum absolute atomic E-state index is 0.173. The molecule has 1 aromatic carbocycles. The zero-order valence-electron chi connectivity index (χ0n) is 13.1. The van der Waals surface area contributed by atoms with Crippen molar-refractivity contribution in [3.05, 3.63) is 60.0 Å². The summed E-state index contributed by atoms with van der Waals surface area (Å²) in [7, 11) is 0. The molecule has 0 unspecified atom stereocenters. The Balaban J connectivity index is 1.91. The summed E-state index contributed by atoms with van der Waals surface area (Å²) in [6.45, 7) is 3.63. The average molecular weight is 326 g/mol. The second-order valence-electron chi connectivity index (χ2n) is 6.20. The van der Waals surface area contributed by atoms with Crippen LogP contribution in [-0.4, -0.2) is 0 Å². The van der Waals surface area contributed by atoms with Crippen molar-refractivity contribution in [1.82, 2.24) is 0 Å². The van der Waals surface area contributed by atoms with E-state index in [1.54, 1.807) is 6.08 Å². The molecule has 0 radical (unpaired) electrons. The lowest BCUT2D eigenvalue weighted by atomic mass is 9.77. The van der Waals surface area contributed by atoms with Gasteiger partial charge in [-0.05, 0) is 68.1 Å². The van der Waals surface area contributed by atoms with Gasteiger partial charge in [0.25, 0.3) is 0 Å².